The van der Waals surface area contributed by atoms with Crippen molar-refractivity contribution >= 4 is 0 Å². The predicted molar refractivity (Wildman–Crippen MR) is 92.6 cm³/mol. The summed E-state index contributed by atoms with van der Waals surface area (Å²) in [5.74, 6) is 0.788. The molecule has 0 saturated carbocycles. The van der Waals surface area contributed by atoms with Crippen LogP contribution in [0.3, 0.4) is 0 Å². The van der Waals surface area contributed by atoms with Crippen molar-refractivity contribution in [3.8, 4) is 0 Å². The zero-order valence-corrected chi connectivity index (χ0v) is 15.5. The van der Waals surface area contributed by atoms with Crippen LogP contribution in [0.2, 0.25) is 0 Å². The van der Waals surface area contributed by atoms with Crippen LogP contribution in [0.5, 0.6) is 0 Å². The quantitative estimate of drug-likeness (QED) is 0.281. The molecule has 21 heavy (non-hydrogen) atoms. The Labute approximate surface area is 134 Å². The molecule has 2 nitrogen and oxygen atoms in total. The highest BCUT2D eigenvalue weighted by Crippen LogP contribution is 2.33. The summed E-state index contributed by atoms with van der Waals surface area (Å²) in [6.07, 6.45) is 10.5. The second-order valence-corrected chi connectivity index (χ2v) is 6.76. The minimum Gasteiger partial charge on any atom is -0.350 e. The predicted octanol–water partition coefficient (Wildman–Crippen LogP) is 6.19. The van der Waals surface area contributed by atoms with E-state index < -0.39 is 5.79 Å². The molecule has 0 aliphatic carbocycles. The van der Waals surface area contributed by atoms with Crippen molar-refractivity contribution in [1.82, 2.24) is 0 Å². The summed E-state index contributed by atoms with van der Waals surface area (Å²) in [4.78, 5) is 0. The first-order chi connectivity index (χ1) is 10.00. The SMILES string of the molecule is CCCCCCCCC(CC(C)C)C(C)(OCC)OCC. The smallest absolute Gasteiger partial charge is 0.168 e. The molecule has 0 heterocycles. The van der Waals surface area contributed by atoms with E-state index in [4.69, 9.17) is 9.47 Å². The highest BCUT2D eigenvalue weighted by molar-refractivity contribution is 4.77. The summed E-state index contributed by atoms with van der Waals surface area (Å²) >= 11 is 0. The van der Waals surface area contributed by atoms with Gasteiger partial charge >= 0.3 is 0 Å². The van der Waals surface area contributed by atoms with Gasteiger partial charge in [-0.3, -0.25) is 0 Å². The van der Waals surface area contributed by atoms with E-state index in [2.05, 4.69) is 41.5 Å². The van der Waals surface area contributed by atoms with E-state index >= 15 is 0 Å². The fraction of sp³-hybridized carbons (Fsp3) is 1.00. The Bertz CT molecular complexity index is 220. The summed E-state index contributed by atoms with van der Waals surface area (Å²) in [5, 5.41) is 0. The molecule has 2 heteroatoms. The maximum absolute atomic E-state index is 6.01. The molecule has 0 aliphatic rings. The molecule has 128 valence electrons. The van der Waals surface area contributed by atoms with Gasteiger partial charge in [0, 0.05) is 19.1 Å². The second kappa shape index (κ2) is 12.5. The maximum Gasteiger partial charge on any atom is 0.168 e. The van der Waals surface area contributed by atoms with Crippen LogP contribution in [0.25, 0.3) is 0 Å². The summed E-state index contributed by atoms with van der Waals surface area (Å²) in [5.41, 5.74) is 0. The number of ether oxygens (including phenoxy) is 2. The van der Waals surface area contributed by atoms with Gasteiger partial charge in [-0.2, -0.15) is 0 Å². The van der Waals surface area contributed by atoms with Crippen molar-refractivity contribution in [1.29, 1.82) is 0 Å². The first kappa shape index (κ1) is 20.9. The van der Waals surface area contributed by atoms with Crippen molar-refractivity contribution in [2.45, 2.75) is 98.7 Å². The molecule has 1 atom stereocenters. The highest BCUT2D eigenvalue weighted by Gasteiger charge is 2.35. The van der Waals surface area contributed by atoms with Gasteiger partial charge in [0.25, 0.3) is 0 Å². The Hall–Kier alpha value is -0.0800. The number of rotatable bonds is 14. The Balaban J connectivity index is 4.39. The van der Waals surface area contributed by atoms with Crippen molar-refractivity contribution < 1.29 is 9.47 Å². The van der Waals surface area contributed by atoms with E-state index in [1.54, 1.807) is 0 Å². The van der Waals surface area contributed by atoms with Gasteiger partial charge in [0.1, 0.15) is 0 Å². The Morgan fingerprint density at radius 3 is 1.81 bits per heavy atom. The zero-order chi connectivity index (χ0) is 16.1. The Kier molecular flexibility index (Phi) is 12.4. The number of hydrogen-bond acceptors (Lipinski definition) is 2. The van der Waals surface area contributed by atoms with Crippen molar-refractivity contribution in [3.63, 3.8) is 0 Å². The maximum atomic E-state index is 6.01. The van der Waals surface area contributed by atoms with Crippen LogP contribution in [0.1, 0.15) is 92.9 Å². The normalized spacial score (nSPS) is 13.9. The topological polar surface area (TPSA) is 18.5 Å². The molecule has 0 radical (unpaired) electrons. The molecule has 0 amide bonds. The van der Waals surface area contributed by atoms with Gasteiger partial charge in [-0.05, 0) is 39.5 Å². The van der Waals surface area contributed by atoms with E-state index in [1.807, 2.05) is 0 Å². The van der Waals surface area contributed by atoms with Crippen LogP contribution < -0.4 is 0 Å². The zero-order valence-electron chi connectivity index (χ0n) is 15.5. The van der Waals surface area contributed by atoms with Gasteiger partial charge in [0.15, 0.2) is 5.79 Å². The fourth-order valence-electron chi connectivity index (χ4n) is 3.18. The molecule has 0 aliphatic heterocycles. The lowest BCUT2D eigenvalue weighted by atomic mass is 9.85. The van der Waals surface area contributed by atoms with Gasteiger partial charge in [-0.1, -0.05) is 59.3 Å². The number of unbranched alkanes of at least 4 members (excludes halogenated alkanes) is 5. The third-order valence-electron chi connectivity index (χ3n) is 4.27. The first-order valence-electron chi connectivity index (χ1n) is 9.28. The van der Waals surface area contributed by atoms with E-state index in [-0.39, 0.29) is 0 Å². The first-order valence-corrected chi connectivity index (χ1v) is 9.28. The third-order valence-corrected chi connectivity index (χ3v) is 4.27. The van der Waals surface area contributed by atoms with Crippen LogP contribution >= 0.6 is 0 Å². The van der Waals surface area contributed by atoms with Crippen LogP contribution in [-0.2, 0) is 9.47 Å². The van der Waals surface area contributed by atoms with E-state index in [9.17, 15) is 0 Å². The fourth-order valence-corrected chi connectivity index (χ4v) is 3.18. The van der Waals surface area contributed by atoms with E-state index in [0.29, 0.717) is 11.8 Å². The van der Waals surface area contributed by atoms with E-state index in [0.717, 1.165) is 13.2 Å². The lowest BCUT2D eigenvalue weighted by Crippen LogP contribution is -2.41. The van der Waals surface area contributed by atoms with Crippen molar-refractivity contribution in [3.05, 3.63) is 0 Å². The molecular weight excluding hydrogens is 260 g/mol. The van der Waals surface area contributed by atoms with Crippen molar-refractivity contribution in [2.24, 2.45) is 11.8 Å². The average Bonchev–Trinajstić information content (AvgIpc) is 2.41. The number of hydrogen-bond donors (Lipinski definition) is 0. The van der Waals surface area contributed by atoms with Gasteiger partial charge in [-0.25, -0.2) is 0 Å². The lowest BCUT2D eigenvalue weighted by Gasteiger charge is -2.38. The van der Waals surface area contributed by atoms with Crippen LogP contribution in [0, 0.1) is 11.8 Å². The molecule has 0 aromatic heterocycles. The minimum absolute atomic E-state index is 0.406. The molecule has 0 saturated heterocycles. The monoisotopic (exact) mass is 300 g/mol. The summed E-state index contributed by atoms with van der Waals surface area (Å²) in [6.45, 7) is 14.6. The Morgan fingerprint density at radius 1 is 0.810 bits per heavy atom. The van der Waals surface area contributed by atoms with Crippen LogP contribution in [0.4, 0.5) is 0 Å². The Morgan fingerprint density at radius 2 is 1.33 bits per heavy atom. The van der Waals surface area contributed by atoms with E-state index in [1.165, 1.54) is 51.4 Å². The molecule has 0 N–H and O–H groups in total. The highest BCUT2D eigenvalue weighted by atomic mass is 16.7. The largest absolute Gasteiger partial charge is 0.350 e. The molecule has 0 bridgehead atoms. The molecule has 0 rings (SSSR count). The molecule has 0 spiro atoms. The van der Waals surface area contributed by atoms with Crippen LogP contribution in [-0.4, -0.2) is 19.0 Å². The molecule has 1 unspecified atom stereocenters. The molecular formula is C19H40O2. The molecule has 0 aromatic rings. The summed E-state index contributed by atoms with van der Waals surface area (Å²) < 4.78 is 12.0. The lowest BCUT2D eigenvalue weighted by molar-refractivity contribution is -0.255. The third kappa shape index (κ3) is 9.52. The summed E-state index contributed by atoms with van der Waals surface area (Å²) in [6, 6.07) is 0. The summed E-state index contributed by atoms with van der Waals surface area (Å²) in [7, 11) is 0. The van der Waals surface area contributed by atoms with Gasteiger partial charge in [0.2, 0.25) is 0 Å². The average molecular weight is 301 g/mol. The second-order valence-electron chi connectivity index (χ2n) is 6.76. The molecule has 0 fully saturated rings. The van der Waals surface area contributed by atoms with Crippen LogP contribution in [0.15, 0.2) is 0 Å². The standard InChI is InChI=1S/C19H40O2/c1-7-10-11-12-13-14-15-18(16-17(4)5)19(6,20-8-2)21-9-3/h17-18H,7-16H2,1-6H3. The van der Waals surface area contributed by atoms with Gasteiger partial charge < -0.3 is 9.47 Å². The van der Waals surface area contributed by atoms with Gasteiger partial charge in [-0.15, -0.1) is 0 Å². The van der Waals surface area contributed by atoms with Gasteiger partial charge in [0.05, 0.1) is 0 Å². The molecule has 0 aromatic carbocycles. The van der Waals surface area contributed by atoms with Crippen molar-refractivity contribution in [2.75, 3.05) is 13.2 Å². The minimum atomic E-state index is -0.406.